The van der Waals surface area contributed by atoms with Crippen LogP contribution in [0.3, 0.4) is 0 Å². The fraction of sp³-hybridized carbons (Fsp3) is 0.286. The van der Waals surface area contributed by atoms with Gasteiger partial charge in [0.1, 0.15) is 0 Å². The van der Waals surface area contributed by atoms with Crippen LogP contribution in [0.1, 0.15) is 29.8 Å². The van der Waals surface area contributed by atoms with E-state index in [0.29, 0.717) is 12.2 Å². The molecule has 94 valence electrons. The van der Waals surface area contributed by atoms with Crippen molar-refractivity contribution in [3.05, 3.63) is 40.0 Å². The van der Waals surface area contributed by atoms with Crippen molar-refractivity contribution < 1.29 is 9.53 Å². The highest BCUT2D eigenvalue weighted by molar-refractivity contribution is 9.10. The van der Waals surface area contributed by atoms with Gasteiger partial charge in [0.05, 0.1) is 17.7 Å². The predicted molar refractivity (Wildman–Crippen MR) is 74.8 cm³/mol. The zero-order valence-electron chi connectivity index (χ0n) is 10.4. The van der Waals surface area contributed by atoms with E-state index in [9.17, 15) is 4.79 Å². The van der Waals surface area contributed by atoms with Crippen LogP contribution in [0.4, 0.5) is 0 Å². The van der Waals surface area contributed by atoms with Crippen molar-refractivity contribution in [2.24, 2.45) is 0 Å². The second-order valence-corrected chi connectivity index (χ2v) is 4.67. The van der Waals surface area contributed by atoms with E-state index in [1.165, 1.54) is 5.56 Å². The zero-order chi connectivity index (χ0) is 13.1. The van der Waals surface area contributed by atoms with Crippen molar-refractivity contribution in [1.29, 1.82) is 0 Å². The summed E-state index contributed by atoms with van der Waals surface area (Å²) in [5, 5.41) is 0.944. The first-order valence-corrected chi connectivity index (χ1v) is 6.71. The summed E-state index contributed by atoms with van der Waals surface area (Å²) in [6, 6.07) is 5.97. The number of carbonyl (C=O) groups is 1. The molecule has 0 spiro atoms. The van der Waals surface area contributed by atoms with Crippen LogP contribution in [0.2, 0.25) is 0 Å². The summed E-state index contributed by atoms with van der Waals surface area (Å²) in [7, 11) is 0. The summed E-state index contributed by atoms with van der Waals surface area (Å²) >= 11 is 3.47. The molecule has 0 saturated carbocycles. The third-order valence-electron chi connectivity index (χ3n) is 2.79. The summed E-state index contributed by atoms with van der Waals surface area (Å²) in [6.45, 7) is 4.23. The zero-order valence-corrected chi connectivity index (χ0v) is 12.0. The highest BCUT2D eigenvalue weighted by Crippen LogP contribution is 2.28. The van der Waals surface area contributed by atoms with Gasteiger partial charge in [-0.05, 0) is 34.8 Å². The molecule has 18 heavy (non-hydrogen) atoms. The third kappa shape index (κ3) is 2.25. The fourth-order valence-electron chi connectivity index (χ4n) is 1.89. The largest absolute Gasteiger partial charge is 0.462 e. The van der Waals surface area contributed by atoms with Crippen LogP contribution in [0, 0.1) is 0 Å². The van der Waals surface area contributed by atoms with Gasteiger partial charge in [0.15, 0.2) is 0 Å². The molecule has 4 heteroatoms. The molecule has 1 aromatic carbocycles. The second-order valence-electron chi connectivity index (χ2n) is 3.87. The Morgan fingerprint density at radius 1 is 1.39 bits per heavy atom. The van der Waals surface area contributed by atoms with E-state index in [1.54, 1.807) is 13.1 Å². The molecule has 0 aliphatic heterocycles. The maximum absolute atomic E-state index is 11.8. The van der Waals surface area contributed by atoms with Crippen LogP contribution in [-0.4, -0.2) is 17.6 Å². The SMILES string of the molecule is CCOC(=O)c1cnc2c(CC)cccc2c1Br. The van der Waals surface area contributed by atoms with Gasteiger partial charge in [-0.2, -0.15) is 0 Å². The quantitative estimate of drug-likeness (QED) is 0.811. The smallest absolute Gasteiger partial charge is 0.340 e. The van der Waals surface area contributed by atoms with Crippen molar-refractivity contribution >= 4 is 32.8 Å². The number of para-hydroxylation sites is 1. The minimum Gasteiger partial charge on any atom is -0.462 e. The number of ether oxygens (including phenoxy) is 1. The van der Waals surface area contributed by atoms with Crippen LogP contribution in [-0.2, 0) is 11.2 Å². The molecule has 3 nitrogen and oxygen atoms in total. The summed E-state index contributed by atoms with van der Waals surface area (Å²) in [5.41, 5.74) is 2.57. The van der Waals surface area contributed by atoms with Gasteiger partial charge >= 0.3 is 5.97 Å². The maximum atomic E-state index is 11.8. The van der Waals surface area contributed by atoms with Gasteiger partial charge in [-0.1, -0.05) is 25.1 Å². The lowest BCUT2D eigenvalue weighted by molar-refractivity contribution is 0.0525. The molecule has 0 N–H and O–H groups in total. The molecule has 0 fully saturated rings. The van der Waals surface area contributed by atoms with Gasteiger partial charge in [-0.15, -0.1) is 0 Å². The van der Waals surface area contributed by atoms with Gasteiger partial charge in [0.2, 0.25) is 0 Å². The van der Waals surface area contributed by atoms with Crippen molar-refractivity contribution in [1.82, 2.24) is 4.98 Å². The fourth-order valence-corrected chi connectivity index (χ4v) is 2.47. The average molecular weight is 308 g/mol. The highest BCUT2D eigenvalue weighted by atomic mass is 79.9. The lowest BCUT2D eigenvalue weighted by Crippen LogP contribution is -2.06. The number of hydrogen-bond acceptors (Lipinski definition) is 3. The Kier molecular flexibility index (Phi) is 3.97. The number of pyridine rings is 1. The van der Waals surface area contributed by atoms with Crippen molar-refractivity contribution in [3.63, 3.8) is 0 Å². The Morgan fingerprint density at radius 2 is 2.17 bits per heavy atom. The van der Waals surface area contributed by atoms with E-state index >= 15 is 0 Å². The van der Waals surface area contributed by atoms with Gasteiger partial charge in [-0.25, -0.2) is 4.79 Å². The molecular formula is C14H14BrNO2. The molecule has 0 aliphatic carbocycles. The second kappa shape index (κ2) is 5.48. The number of aromatic nitrogens is 1. The first kappa shape index (κ1) is 13.0. The first-order valence-electron chi connectivity index (χ1n) is 5.92. The molecule has 1 heterocycles. The van der Waals surface area contributed by atoms with Crippen LogP contribution in [0.15, 0.2) is 28.9 Å². The van der Waals surface area contributed by atoms with Gasteiger partial charge in [-0.3, -0.25) is 4.98 Å². The highest BCUT2D eigenvalue weighted by Gasteiger charge is 2.15. The van der Waals surface area contributed by atoms with E-state index in [4.69, 9.17) is 4.74 Å². The number of fused-ring (bicyclic) bond motifs is 1. The molecule has 0 atom stereocenters. The van der Waals surface area contributed by atoms with Crippen molar-refractivity contribution in [3.8, 4) is 0 Å². The predicted octanol–water partition coefficient (Wildman–Crippen LogP) is 3.74. The van der Waals surface area contributed by atoms with Crippen molar-refractivity contribution in [2.45, 2.75) is 20.3 Å². The van der Waals surface area contributed by atoms with Crippen LogP contribution in [0.5, 0.6) is 0 Å². The van der Waals surface area contributed by atoms with E-state index < -0.39 is 0 Å². The molecule has 0 radical (unpaired) electrons. The lowest BCUT2D eigenvalue weighted by atomic mass is 10.1. The molecule has 0 bridgehead atoms. The Hall–Kier alpha value is -1.42. The first-order chi connectivity index (χ1) is 8.69. The summed E-state index contributed by atoms with van der Waals surface area (Å²) < 4.78 is 5.76. The molecule has 2 aromatic rings. The molecule has 1 aromatic heterocycles. The molecule has 0 amide bonds. The standard InChI is InChI=1S/C14H14BrNO2/c1-3-9-6-5-7-10-12(15)11(8-16-13(9)10)14(17)18-4-2/h5-8H,3-4H2,1-2H3. The number of nitrogens with zero attached hydrogens (tertiary/aromatic N) is 1. The number of aryl methyl sites for hydroxylation is 1. The van der Waals surface area contributed by atoms with E-state index in [2.05, 4.69) is 27.8 Å². The molecule has 0 saturated heterocycles. The lowest BCUT2D eigenvalue weighted by Gasteiger charge is -2.09. The number of halogens is 1. The Bertz CT molecular complexity index is 596. The minimum absolute atomic E-state index is 0.347. The van der Waals surface area contributed by atoms with Crippen LogP contribution >= 0.6 is 15.9 Å². The molecular weight excluding hydrogens is 294 g/mol. The third-order valence-corrected chi connectivity index (χ3v) is 3.65. The molecule has 0 aliphatic rings. The average Bonchev–Trinajstić information content (AvgIpc) is 2.39. The normalized spacial score (nSPS) is 10.6. The topological polar surface area (TPSA) is 39.2 Å². The number of rotatable bonds is 3. The van der Waals surface area contributed by atoms with E-state index in [1.807, 2.05) is 18.2 Å². The van der Waals surface area contributed by atoms with Gasteiger partial charge in [0, 0.05) is 16.1 Å². The van der Waals surface area contributed by atoms with Crippen LogP contribution < -0.4 is 0 Å². The monoisotopic (exact) mass is 307 g/mol. The summed E-state index contributed by atoms with van der Waals surface area (Å²) in [4.78, 5) is 16.2. The number of hydrogen-bond donors (Lipinski definition) is 0. The van der Waals surface area contributed by atoms with Gasteiger partial charge < -0.3 is 4.74 Å². The summed E-state index contributed by atoms with van der Waals surface area (Å²) in [5.74, 6) is -0.347. The van der Waals surface area contributed by atoms with E-state index in [0.717, 1.165) is 21.8 Å². The Balaban J connectivity index is 2.61. The summed E-state index contributed by atoms with van der Waals surface area (Å²) in [6.07, 6.45) is 2.49. The number of benzene rings is 1. The Labute approximate surface area is 114 Å². The number of carbonyl (C=O) groups excluding carboxylic acids is 1. The van der Waals surface area contributed by atoms with Crippen molar-refractivity contribution in [2.75, 3.05) is 6.61 Å². The van der Waals surface area contributed by atoms with Crippen LogP contribution in [0.25, 0.3) is 10.9 Å². The van der Waals surface area contributed by atoms with E-state index in [-0.39, 0.29) is 5.97 Å². The number of esters is 1. The van der Waals surface area contributed by atoms with Gasteiger partial charge in [0.25, 0.3) is 0 Å². The molecule has 2 rings (SSSR count). The molecule has 0 unspecified atom stereocenters. The maximum Gasteiger partial charge on any atom is 0.340 e. The Morgan fingerprint density at radius 3 is 2.83 bits per heavy atom. The minimum atomic E-state index is -0.347.